The quantitative estimate of drug-likeness (QED) is 0.369. The Morgan fingerprint density at radius 3 is 1.97 bits per heavy atom. The van der Waals surface area contributed by atoms with E-state index in [2.05, 4.69) is 5.32 Å². The molecule has 3 nitrogen and oxygen atoms in total. The van der Waals surface area contributed by atoms with Crippen LogP contribution in [0, 0.1) is 0 Å². The molecular formula is C27H25Cl2F3N2O. The summed E-state index contributed by atoms with van der Waals surface area (Å²) in [5, 5.41) is 4.63. The number of hydrogen-bond donors (Lipinski definition) is 1. The van der Waals surface area contributed by atoms with Crippen LogP contribution in [0.4, 0.5) is 13.2 Å². The van der Waals surface area contributed by atoms with Gasteiger partial charge >= 0.3 is 6.18 Å². The maximum absolute atomic E-state index is 13.0. The lowest BCUT2D eigenvalue weighted by molar-refractivity contribution is -0.153. The molecule has 0 saturated heterocycles. The highest BCUT2D eigenvalue weighted by Crippen LogP contribution is 2.39. The van der Waals surface area contributed by atoms with E-state index in [1.54, 1.807) is 36.4 Å². The summed E-state index contributed by atoms with van der Waals surface area (Å²) in [6.45, 7) is 4.60. The average molecular weight is 521 g/mol. The van der Waals surface area contributed by atoms with Crippen LogP contribution < -0.4 is 10.1 Å². The van der Waals surface area contributed by atoms with Crippen LogP contribution >= 0.6 is 23.2 Å². The first-order chi connectivity index (χ1) is 16.4. The Morgan fingerprint density at radius 2 is 1.43 bits per heavy atom. The number of rotatable bonds is 5. The van der Waals surface area contributed by atoms with E-state index in [0.29, 0.717) is 21.4 Å². The summed E-state index contributed by atoms with van der Waals surface area (Å²) in [5.41, 5.74) is 2.92. The summed E-state index contributed by atoms with van der Waals surface area (Å²) < 4.78 is 44.4. The van der Waals surface area contributed by atoms with Crippen molar-refractivity contribution < 1.29 is 17.9 Å². The van der Waals surface area contributed by atoms with Crippen LogP contribution in [-0.4, -0.2) is 18.6 Å². The molecule has 35 heavy (non-hydrogen) atoms. The minimum Gasteiger partial charge on any atom is -0.483 e. The summed E-state index contributed by atoms with van der Waals surface area (Å²) in [6.07, 6.45) is -4.46. The lowest BCUT2D eigenvalue weighted by Crippen LogP contribution is -2.27. The third-order valence-corrected chi connectivity index (χ3v) is 6.31. The maximum atomic E-state index is 13.0. The zero-order valence-electron chi connectivity index (χ0n) is 19.5. The lowest BCUT2D eigenvalue weighted by Gasteiger charge is -2.22. The minimum absolute atomic E-state index is 0.132. The Labute approximate surface area is 212 Å². The van der Waals surface area contributed by atoms with Crippen molar-refractivity contribution in [2.24, 2.45) is 4.99 Å². The van der Waals surface area contributed by atoms with Gasteiger partial charge in [-0.05, 0) is 58.5 Å². The fraction of sp³-hybridized carbons (Fsp3) is 0.296. The molecule has 3 aromatic carbocycles. The van der Waals surface area contributed by atoms with E-state index in [-0.39, 0.29) is 23.2 Å². The van der Waals surface area contributed by atoms with Gasteiger partial charge in [-0.25, -0.2) is 0 Å². The molecule has 1 aliphatic heterocycles. The van der Waals surface area contributed by atoms with Crippen molar-refractivity contribution in [2.45, 2.75) is 44.4 Å². The van der Waals surface area contributed by atoms with Crippen LogP contribution in [0.3, 0.4) is 0 Å². The average Bonchev–Trinajstić information content (AvgIpc) is 3.22. The minimum atomic E-state index is -4.46. The first-order valence-corrected chi connectivity index (χ1v) is 11.9. The van der Waals surface area contributed by atoms with Crippen molar-refractivity contribution in [3.8, 4) is 5.75 Å². The van der Waals surface area contributed by atoms with Crippen LogP contribution in [0.5, 0.6) is 5.75 Å². The fourth-order valence-electron chi connectivity index (χ4n) is 3.95. The second-order valence-corrected chi connectivity index (χ2v) is 10.4. The molecule has 0 saturated carbocycles. The van der Waals surface area contributed by atoms with E-state index < -0.39 is 12.8 Å². The van der Waals surface area contributed by atoms with Gasteiger partial charge in [0, 0.05) is 10.0 Å². The van der Waals surface area contributed by atoms with Crippen LogP contribution in [0.2, 0.25) is 10.0 Å². The Kier molecular flexibility index (Phi) is 7.07. The van der Waals surface area contributed by atoms with Gasteiger partial charge in [-0.3, -0.25) is 4.99 Å². The summed E-state index contributed by atoms with van der Waals surface area (Å²) >= 11 is 12.2. The molecule has 1 N–H and O–H groups in total. The van der Waals surface area contributed by atoms with E-state index in [0.717, 1.165) is 16.7 Å². The molecule has 1 aliphatic rings. The number of nitrogens with zero attached hydrogens (tertiary/aromatic N) is 1. The van der Waals surface area contributed by atoms with Crippen molar-refractivity contribution >= 4 is 29.0 Å². The highest BCUT2D eigenvalue weighted by molar-refractivity contribution is 6.30. The molecule has 0 amide bonds. The first-order valence-electron chi connectivity index (χ1n) is 11.1. The van der Waals surface area contributed by atoms with Crippen LogP contribution in [0.1, 0.15) is 55.1 Å². The van der Waals surface area contributed by atoms with Gasteiger partial charge < -0.3 is 10.1 Å². The third kappa shape index (κ3) is 6.11. The lowest BCUT2D eigenvalue weighted by atomic mass is 9.86. The van der Waals surface area contributed by atoms with Gasteiger partial charge in [0.05, 0.1) is 11.6 Å². The van der Waals surface area contributed by atoms with Gasteiger partial charge in [0.1, 0.15) is 17.6 Å². The van der Waals surface area contributed by atoms with Crippen molar-refractivity contribution in [3.63, 3.8) is 0 Å². The topological polar surface area (TPSA) is 33.6 Å². The second-order valence-electron chi connectivity index (χ2n) is 9.51. The third-order valence-electron chi connectivity index (χ3n) is 5.81. The molecule has 2 unspecified atom stereocenters. The summed E-state index contributed by atoms with van der Waals surface area (Å²) in [5.74, 6) is 0.593. The summed E-state index contributed by atoms with van der Waals surface area (Å²) in [4.78, 5) is 4.90. The van der Waals surface area contributed by atoms with E-state index in [1.165, 1.54) is 0 Å². The highest BCUT2D eigenvalue weighted by atomic mass is 35.5. The monoisotopic (exact) mass is 520 g/mol. The Balaban J connectivity index is 1.77. The zero-order valence-corrected chi connectivity index (χ0v) is 21.0. The molecule has 184 valence electrons. The second kappa shape index (κ2) is 9.75. The van der Waals surface area contributed by atoms with Crippen LogP contribution in [0.25, 0.3) is 0 Å². The molecule has 0 aliphatic carbocycles. The van der Waals surface area contributed by atoms with Gasteiger partial charge in [0.15, 0.2) is 6.61 Å². The van der Waals surface area contributed by atoms with Gasteiger partial charge in [-0.15, -0.1) is 0 Å². The molecule has 3 aromatic rings. The van der Waals surface area contributed by atoms with Gasteiger partial charge in [0.2, 0.25) is 0 Å². The van der Waals surface area contributed by atoms with E-state index in [9.17, 15) is 13.2 Å². The van der Waals surface area contributed by atoms with Crippen molar-refractivity contribution in [1.82, 2.24) is 5.32 Å². The van der Waals surface area contributed by atoms with Crippen molar-refractivity contribution in [1.29, 1.82) is 0 Å². The van der Waals surface area contributed by atoms with Crippen LogP contribution in [0.15, 0.2) is 71.7 Å². The molecule has 0 spiro atoms. The number of benzene rings is 3. The predicted octanol–water partition coefficient (Wildman–Crippen LogP) is 8.06. The largest absolute Gasteiger partial charge is 0.483 e. The number of alkyl halides is 3. The van der Waals surface area contributed by atoms with Gasteiger partial charge in [-0.2, -0.15) is 13.2 Å². The molecule has 0 fully saturated rings. The molecule has 0 bridgehead atoms. The van der Waals surface area contributed by atoms with Crippen molar-refractivity contribution in [2.75, 3.05) is 6.61 Å². The fourth-order valence-corrected chi connectivity index (χ4v) is 4.20. The first kappa shape index (κ1) is 25.4. The van der Waals surface area contributed by atoms with Gasteiger partial charge in [-0.1, -0.05) is 74.3 Å². The zero-order chi connectivity index (χ0) is 25.4. The summed E-state index contributed by atoms with van der Waals surface area (Å²) in [7, 11) is 0. The van der Waals surface area contributed by atoms with E-state index in [1.807, 2.05) is 51.1 Å². The normalized spacial score (nSPS) is 18.2. The number of nitrogens with one attached hydrogen (secondary N) is 1. The molecule has 8 heteroatoms. The number of halogens is 5. The SMILES string of the molecule is CC(C)(C)c1ccc(C2=NC(c3ccc(Cl)cc3)C(c3ccc(Cl)cc3)N2)c(OCC(F)(F)F)c1. The number of ether oxygens (including phenoxy) is 1. The van der Waals surface area contributed by atoms with Crippen LogP contribution in [-0.2, 0) is 5.41 Å². The Bertz CT molecular complexity index is 1220. The molecule has 2 atom stereocenters. The molecule has 1 heterocycles. The number of aliphatic imine (C=N–C) groups is 1. The number of amidine groups is 1. The molecular weight excluding hydrogens is 496 g/mol. The summed E-state index contributed by atoms with van der Waals surface area (Å²) in [6, 6.07) is 19.5. The molecule has 0 radical (unpaired) electrons. The molecule has 4 rings (SSSR count). The smallest absolute Gasteiger partial charge is 0.422 e. The predicted molar refractivity (Wildman–Crippen MR) is 135 cm³/mol. The molecule has 0 aromatic heterocycles. The van der Waals surface area contributed by atoms with Crippen molar-refractivity contribution in [3.05, 3.63) is 99.0 Å². The Hall–Kier alpha value is -2.70. The van der Waals surface area contributed by atoms with E-state index in [4.69, 9.17) is 32.9 Å². The number of hydrogen-bond acceptors (Lipinski definition) is 3. The van der Waals surface area contributed by atoms with E-state index >= 15 is 0 Å². The maximum Gasteiger partial charge on any atom is 0.422 e. The standard InChI is InChI=1S/C27H25Cl2F3N2O/c1-26(2,3)18-8-13-21(22(14-18)35-15-27(30,31)32)25-33-23(16-4-9-19(28)10-5-16)24(34-25)17-6-11-20(29)12-7-17/h4-14,23-24H,15H2,1-3H3,(H,33,34). The highest BCUT2D eigenvalue weighted by Gasteiger charge is 2.34. The van der Waals surface area contributed by atoms with Gasteiger partial charge in [0.25, 0.3) is 0 Å². The Morgan fingerprint density at radius 1 is 0.857 bits per heavy atom.